The number of rotatable bonds is 4. The van der Waals surface area contributed by atoms with Gasteiger partial charge in [0.25, 0.3) is 0 Å². The molecule has 0 aromatic carbocycles. The zero-order valence-electron chi connectivity index (χ0n) is 14.5. The molecular formula is C18H21ClN4O3. The third kappa shape index (κ3) is 4.16. The summed E-state index contributed by atoms with van der Waals surface area (Å²) >= 11 is 6.15. The molecule has 1 aliphatic heterocycles. The van der Waals surface area contributed by atoms with Gasteiger partial charge < -0.3 is 15.0 Å². The van der Waals surface area contributed by atoms with Crippen molar-refractivity contribution in [2.75, 3.05) is 19.7 Å². The third-order valence-electron chi connectivity index (χ3n) is 4.28. The lowest BCUT2D eigenvalue weighted by atomic mass is 10.1. The van der Waals surface area contributed by atoms with Crippen molar-refractivity contribution < 1.29 is 14.3 Å². The molecule has 3 heterocycles. The first-order chi connectivity index (χ1) is 12.6. The van der Waals surface area contributed by atoms with Gasteiger partial charge in [-0.3, -0.25) is 9.20 Å². The smallest absolute Gasteiger partial charge is 0.409 e. The molecule has 138 valence electrons. The van der Waals surface area contributed by atoms with Crippen molar-refractivity contribution >= 4 is 35.3 Å². The van der Waals surface area contributed by atoms with Crippen LogP contribution in [0.15, 0.2) is 30.5 Å². The van der Waals surface area contributed by atoms with Crippen LogP contribution in [0.2, 0.25) is 5.15 Å². The number of fused-ring (bicyclic) bond motifs is 1. The minimum absolute atomic E-state index is 0.0375. The zero-order valence-corrected chi connectivity index (χ0v) is 15.3. The van der Waals surface area contributed by atoms with Gasteiger partial charge in [-0.15, -0.1) is 0 Å². The van der Waals surface area contributed by atoms with E-state index in [0.717, 1.165) is 5.65 Å². The van der Waals surface area contributed by atoms with Crippen molar-refractivity contribution in [3.63, 3.8) is 0 Å². The highest BCUT2D eigenvalue weighted by atomic mass is 35.5. The van der Waals surface area contributed by atoms with Crippen molar-refractivity contribution in [2.24, 2.45) is 0 Å². The molecule has 0 aliphatic carbocycles. The Labute approximate surface area is 156 Å². The molecule has 2 amide bonds. The fraction of sp³-hybridized carbons (Fsp3) is 0.389. The van der Waals surface area contributed by atoms with Crippen molar-refractivity contribution in [3.8, 4) is 0 Å². The molecule has 0 atom stereocenters. The first-order valence-electron chi connectivity index (χ1n) is 8.61. The quantitative estimate of drug-likeness (QED) is 0.832. The summed E-state index contributed by atoms with van der Waals surface area (Å²) in [6, 6.07) is 5.64. The van der Waals surface area contributed by atoms with Crippen LogP contribution < -0.4 is 5.32 Å². The lowest BCUT2D eigenvalue weighted by Gasteiger charge is -2.31. The van der Waals surface area contributed by atoms with E-state index in [1.807, 2.05) is 28.8 Å². The second kappa shape index (κ2) is 8.23. The third-order valence-corrected chi connectivity index (χ3v) is 4.56. The summed E-state index contributed by atoms with van der Waals surface area (Å²) in [4.78, 5) is 29.8. The van der Waals surface area contributed by atoms with Crippen LogP contribution in [0.1, 0.15) is 25.5 Å². The van der Waals surface area contributed by atoms with E-state index >= 15 is 0 Å². The number of hydrogen-bond donors (Lipinski definition) is 1. The average molecular weight is 377 g/mol. The lowest BCUT2D eigenvalue weighted by Crippen LogP contribution is -2.46. The van der Waals surface area contributed by atoms with Crippen LogP contribution in [0.25, 0.3) is 11.7 Å². The summed E-state index contributed by atoms with van der Waals surface area (Å²) in [5, 5.41) is 3.31. The Balaban J connectivity index is 1.55. The van der Waals surface area contributed by atoms with Crippen LogP contribution in [0.3, 0.4) is 0 Å². The summed E-state index contributed by atoms with van der Waals surface area (Å²) < 4.78 is 6.82. The number of carbonyl (C=O) groups is 2. The van der Waals surface area contributed by atoms with Crippen LogP contribution in [0.4, 0.5) is 4.79 Å². The Morgan fingerprint density at radius 2 is 2.15 bits per heavy atom. The largest absolute Gasteiger partial charge is 0.450 e. The fourth-order valence-corrected chi connectivity index (χ4v) is 3.20. The summed E-state index contributed by atoms with van der Waals surface area (Å²) in [5.41, 5.74) is 1.39. The van der Waals surface area contributed by atoms with Crippen LogP contribution >= 0.6 is 11.6 Å². The lowest BCUT2D eigenvalue weighted by molar-refractivity contribution is -0.117. The van der Waals surface area contributed by atoms with Crippen molar-refractivity contribution in [1.82, 2.24) is 19.6 Å². The summed E-state index contributed by atoms with van der Waals surface area (Å²) in [7, 11) is 0. The van der Waals surface area contributed by atoms with Crippen LogP contribution in [0.5, 0.6) is 0 Å². The monoisotopic (exact) mass is 376 g/mol. The van der Waals surface area contributed by atoms with Gasteiger partial charge in [0.2, 0.25) is 5.91 Å². The molecule has 2 aromatic rings. The maximum Gasteiger partial charge on any atom is 0.409 e. The number of halogens is 1. The second-order valence-corrected chi connectivity index (χ2v) is 6.38. The Bertz CT molecular complexity index is 825. The number of nitrogens with one attached hydrogen (secondary N) is 1. The highest BCUT2D eigenvalue weighted by Crippen LogP contribution is 2.19. The normalized spacial score (nSPS) is 15.5. The molecule has 3 rings (SSSR count). The van der Waals surface area contributed by atoms with E-state index in [2.05, 4.69) is 10.3 Å². The molecule has 1 saturated heterocycles. The number of nitrogens with zero attached hydrogens (tertiary/aromatic N) is 3. The molecule has 1 N–H and O–H groups in total. The number of hydrogen-bond acceptors (Lipinski definition) is 4. The van der Waals surface area contributed by atoms with Gasteiger partial charge >= 0.3 is 6.09 Å². The fourth-order valence-electron chi connectivity index (χ4n) is 2.96. The number of imidazole rings is 1. The minimum atomic E-state index is -0.292. The van der Waals surface area contributed by atoms with E-state index < -0.39 is 0 Å². The number of amides is 2. The molecule has 0 saturated carbocycles. The van der Waals surface area contributed by atoms with Crippen LogP contribution in [-0.4, -0.2) is 52.0 Å². The standard InChI is InChI=1S/C18H21ClN4O3/c1-2-26-18(25)22-11-8-13(9-12-22)20-16(24)7-6-14-17(19)21-15-5-3-4-10-23(14)15/h3-7,10,13H,2,8-9,11-12H2,1H3,(H,20,24)/b7-6+. The SMILES string of the molecule is CCOC(=O)N1CCC(NC(=O)/C=C/c2c(Cl)nc3ccccn23)CC1. The summed E-state index contributed by atoms with van der Waals surface area (Å²) in [5.74, 6) is -0.193. The van der Waals surface area contributed by atoms with E-state index in [9.17, 15) is 9.59 Å². The van der Waals surface area contributed by atoms with E-state index in [4.69, 9.17) is 16.3 Å². The Morgan fingerprint density at radius 1 is 1.38 bits per heavy atom. The Kier molecular flexibility index (Phi) is 5.78. The molecule has 1 aliphatic rings. The van der Waals surface area contributed by atoms with Gasteiger partial charge in [-0.05, 0) is 38.0 Å². The van der Waals surface area contributed by atoms with Gasteiger partial charge in [0, 0.05) is 31.4 Å². The van der Waals surface area contributed by atoms with Gasteiger partial charge in [0.1, 0.15) is 5.65 Å². The number of piperidine rings is 1. The molecular weight excluding hydrogens is 356 g/mol. The summed E-state index contributed by atoms with van der Waals surface area (Å²) in [6.07, 6.45) is 6.07. The first kappa shape index (κ1) is 18.3. The molecule has 0 spiro atoms. The maximum absolute atomic E-state index is 12.2. The number of ether oxygens (including phenoxy) is 1. The van der Waals surface area contributed by atoms with E-state index in [1.54, 1.807) is 17.9 Å². The molecule has 0 unspecified atom stereocenters. The summed E-state index contributed by atoms with van der Waals surface area (Å²) in [6.45, 7) is 3.30. The Hall–Kier alpha value is -2.54. The number of likely N-dealkylation sites (tertiary alicyclic amines) is 1. The first-order valence-corrected chi connectivity index (χ1v) is 8.99. The van der Waals surface area contributed by atoms with Crippen molar-refractivity contribution in [3.05, 3.63) is 41.3 Å². The topological polar surface area (TPSA) is 75.9 Å². The highest BCUT2D eigenvalue weighted by molar-refractivity contribution is 6.31. The van der Waals surface area contributed by atoms with Gasteiger partial charge in [-0.1, -0.05) is 17.7 Å². The Morgan fingerprint density at radius 3 is 2.88 bits per heavy atom. The molecule has 8 heteroatoms. The van der Waals surface area contributed by atoms with Crippen molar-refractivity contribution in [2.45, 2.75) is 25.8 Å². The average Bonchev–Trinajstić information content (AvgIpc) is 2.96. The predicted octanol–water partition coefficient (Wildman–Crippen LogP) is 2.74. The minimum Gasteiger partial charge on any atom is -0.450 e. The second-order valence-electron chi connectivity index (χ2n) is 6.02. The van der Waals surface area contributed by atoms with E-state index in [1.165, 1.54) is 6.08 Å². The number of carbonyl (C=O) groups excluding carboxylic acids is 2. The van der Waals surface area contributed by atoms with Gasteiger partial charge in [0.15, 0.2) is 5.15 Å². The maximum atomic E-state index is 12.2. The molecule has 2 aromatic heterocycles. The zero-order chi connectivity index (χ0) is 18.5. The molecule has 26 heavy (non-hydrogen) atoms. The van der Waals surface area contributed by atoms with Gasteiger partial charge in [-0.2, -0.15) is 0 Å². The number of pyridine rings is 1. The van der Waals surface area contributed by atoms with Crippen LogP contribution in [-0.2, 0) is 9.53 Å². The highest BCUT2D eigenvalue weighted by Gasteiger charge is 2.24. The molecule has 0 bridgehead atoms. The number of aromatic nitrogens is 2. The molecule has 1 fully saturated rings. The van der Waals surface area contributed by atoms with E-state index in [-0.39, 0.29) is 18.0 Å². The van der Waals surface area contributed by atoms with Crippen molar-refractivity contribution in [1.29, 1.82) is 0 Å². The van der Waals surface area contributed by atoms with Crippen LogP contribution in [0, 0.1) is 0 Å². The predicted molar refractivity (Wildman–Crippen MR) is 99.0 cm³/mol. The molecule has 7 nitrogen and oxygen atoms in total. The molecule has 0 radical (unpaired) electrons. The van der Waals surface area contributed by atoms with Gasteiger partial charge in [-0.25, -0.2) is 9.78 Å². The van der Waals surface area contributed by atoms with E-state index in [0.29, 0.717) is 43.4 Å². The van der Waals surface area contributed by atoms with Gasteiger partial charge in [0.05, 0.1) is 12.3 Å².